The lowest BCUT2D eigenvalue weighted by atomic mass is 10.2. The van der Waals surface area contributed by atoms with Gasteiger partial charge in [0.2, 0.25) is 5.91 Å². The van der Waals surface area contributed by atoms with Crippen LogP contribution in [0.15, 0.2) is 29.6 Å². The number of thiazole rings is 2. The zero-order chi connectivity index (χ0) is 18.7. The smallest absolute Gasteiger partial charge is 0.223 e. The second-order valence-electron chi connectivity index (χ2n) is 5.48. The molecule has 0 fully saturated rings. The molecule has 0 aliphatic rings. The van der Waals surface area contributed by atoms with E-state index in [2.05, 4.69) is 20.6 Å². The van der Waals surface area contributed by atoms with Gasteiger partial charge in [-0.1, -0.05) is 29.5 Å². The first-order chi connectivity index (χ1) is 12.4. The molecule has 0 radical (unpaired) electrons. The fourth-order valence-corrected chi connectivity index (χ4v) is 4.10. The molecule has 3 aromatic rings. The second kappa shape index (κ2) is 7.89. The molecule has 0 saturated carbocycles. The predicted molar refractivity (Wildman–Crippen MR) is 103 cm³/mol. The highest BCUT2D eigenvalue weighted by Gasteiger charge is 2.14. The Morgan fingerprint density at radius 1 is 1.23 bits per heavy atom. The van der Waals surface area contributed by atoms with E-state index in [-0.39, 0.29) is 12.5 Å². The highest BCUT2D eigenvalue weighted by molar-refractivity contribution is 7.20. The molecule has 136 valence electrons. The minimum absolute atomic E-state index is 0.171. The van der Waals surface area contributed by atoms with Gasteiger partial charge in [0, 0.05) is 23.6 Å². The standard InChI is InChI=1S/C16H16N5O3S2/c1-9-14(26-16(17-9)18-10(2)22)13-8-25-15(20-13)19-12-6-4-3-5-11(12)7-21(23)24/h3-6,8,21H,7H2,1-2H3,(H,19,20)(H,17,18,22)/q-1. The summed E-state index contributed by atoms with van der Waals surface area (Å²) < 4.78 is 0. The van der Waals surface area contributed by atoms with Gasteiger partial charge >= 0.3 is 0 Å². The van der Waals surface area contributed by atoms with Crippen molar-refractivity contribution in [2.45, 2.75) is 20.4 Å². The van der Waals surface area contributed by atoms with Gasteiger partial charge in [-0.2, -0.15) is 0 Å². The Morgan fingerprint density at radius 3 is 2.73 bits per heavy atom. The molecule has 26 heavy (non-hydrogen) atoms. The van der Waals surface area contributed by atoms with Gasteiger partial charge in [-0.3, -0.25) is 4.79 Å². The van der Waals surface area contributed by atoms with E-state index in [0.29, 0.717) is 21.5 Å². The number of aryl methyl sites for hydroxylation is 1. The van der Waals surface area contributed by atoms with Crippen molar-refractivity contribution in [3.63, 3.8) is 0 Å². The van der Waals surface area contributed by atoms with Gasteiger partial charge in [0.05, 0.1) is 16.3 Å². The molecule has 0 unspecified atom stereocenters. The summed E-state index contributed by atoms with van der Waals surface area (Å²) in [5.74, 6) is -0.171. The monoisotopic (exact) mass is 390 g/mol. The number of hydrogen-bond acceptors (Lipinski definition) is 8. The molecule has 2 aromatic heterocycles. The number of aromatic nitrogens is 2. The Balaban J connectivity index is 1.81. The number of carbonyl (C=O) groups excluding carboxylic acids is 1. The van der Waals surface area contributed by atoms with Crippen LogP contribution in [0, 0.1) is 17.3 Å². The number of rotatable bonds is 6. The predicted octanol–water partition coefficient (Wildman–Crippen LogP) is 2.66. The first-order valence-electron chi connectivity index (χ1n) is 7.68. The van der Waals surface area contributed by atoms with Gasteiger partial charge in [0.15, 0.2) is 10.3 Å². The van der Waals surface area contributed by atoms with Crippen LogP contribution in [-0.4, -0.2) is 15.9 Å². The molecule has 1 aromatic carbocycles. The summed E-state index contributed by atoms with van der Waals surface area (Å²) in [4.78, 5) is 20.9. The van der Waals surface area contributed by atoms with E-state index in [1.165, 1.54) is 29.6 Å². The maximum Gasteiger partial charge on any atom is 0.223 e. The molecular weight excluding hydrogens is 374 g/mol. The summed E-state index contributed by atoms with van der Waals surface area (Å²) in [7, 11) is 0. The van der Waals surface area contributed by atoms with Gasteiger partial charge < -0.3 is 26.3 Å². The topological polar surface area (TPSA) is 117 Å². The molecule has 0 spiro atoms. The first-order valence-corrected chi connectivity index (χ1v) is 9.37. The van der Waals surface area contributed by atoms with Crippen molar-refractivity contribution in [1.82, 2.24) is 9.97 Å². The average Bonchev–Trinajstić information content (AvgIpc) is 3.14. The normalized spacial score (nSPS) is 11.0. The van der Waals surface area contributed by atoms with Crippen LogP contribution in [0.25, 0.3) is 10.6 Å². The van der Waals surface area contributed by atoms with Crippen LogP contribution in [0.2, 0.25) is 0 Å². The van der Waals surface area contributed by atoms with Crippen LogP contribution >= 0.6 is 22.7 Å². The SMILES string of the molecule is CC(=O)Nc1nc(C)c(-c2csc(Nc3ccccc3C[NH+]([O-])[O-])n2)s1. The quantitative estimate of drug-likeness (QED) is 0.557. The number of quaternary nitrogens is 1. The number of nitrogens with one attached hydrogen (secondary N) is 3. The van der Waals surface area contributed by atoms with E-state index < -0.39 is 5.23 Å². The largest absolute Gasteiger partial charge is 0.633 e. The molecule has 0 saturated heterocycles. The van der Waals surface area contributed by atoms with Crippen LogP contribution in [-0.2, 0) is 11.3 Å². The summed E-state index contributed by atoms with van der Waals surface area (Å²) in [5, 5.41) is 29.5. The molecule has 8 nitrogen and oxygen atoms in total. The second-order valence-corrected chi connectivity index (χ2v) is 7.34. The van der Waals surface area contributed by atoms with Gasteiger partial charge in [-0.05, 0) is 13.0 Å². The first kappa shape index (κ1) is 18.4. The van der Waals surface area contributed by atoms with Crippen LogP contribution in [0.1, 0.15) is 18.2 Å². The molecule has 1 amide bonds. The van der Waals surface area contributed by atoms with E-state index in [1.54, 1.807) is 18.2 Å². The third kappa shape index (κ3) is 4.42. The summed E-state index contributed by atoms with van der Waals surface area (Å²) in [6, 6.07) is 7.13. The third-order valence-electron chi connectivity index (χ3n) is 3.41. The van der Waals surface area contributed by atoms with Crippen molar-refractivity contribution < 1.29 is 10.0 Å². The lowest BCUT2D eigenvalue weighted by Gasteiger charge is -2.26. The van der Waals surface area contributed by atoms with Crippen molar-refractivity contribution in [2.75, 3.05) is 10.6 Å². The molecular formula is C16H16N5O3S2-. The summed E-state index contributed by atoms with van der Waals surface area (Å²) >= 11 is 2.76. The Hall–Kier alpha value is -2.37. The van der Waals surface area contributed by atoms with Crippen molar-refractivity contribution in [1.29, 1.82) is 0 Å². The minimum Gasteiger partial charge on any atom is -0.633 e. The van der Waals surface area contributed by atoms with E-state index in [4.69, 9.17) is 0 Å². The zero-order valence-electron chi connectivity index (χ0n) is 14.0. The summed E-state index contributed by atoms with van der Waals surface area (Å²) in [6.07, 6.45) is 0. The molecule has 3 N–H and O–H groups in total. The lowest BCUT2D eigenvalue weighted by Crippen LogP contribution is -3.00. The van der Waals surface area contributed by atoms with E-state index in [1.807, 2.05) is 18.4 Å². The van der Waals surface area contributed by atoms with Crippen molar-refractivity contribution in [2.24, 2.45) is 0 Å². The Labute approximate surface area is 157 Å². The highest BCUT2D eigenvalue weighted by atomic mass is 32.1. The average molecular weight is 390 g/mol. The van der Waals surface area contributed by atoms with Gasteiger partial charge in [0.25, 0.3) is 0 Å². The number of benzene rings is 1. The van der Waals surface area contributed by atoms with Crippen molar-refractivity contribution in [3.8, 4) is 10.6 Å². The number of hydrogen-bond donors (Lipinski definition) is 3. The number of hydroxylamine groups is 2. The third-order valence-corrected chi connectivity index (χ3v) is 5.26. The van der Waals surface area contributed by atoms with Crippen LogP contribution in [0.3, 0.4) is 0 Å². The fraction of sp³-hybridized carbons (Fsp3) is 0.188. The van der Waals surface area contributed by atoms with Crippen molar-refractivity contribution >= 4 is 44.5 Å². The maximum atomic E-state index is 11.2. The van der Waals surface area contributed by atoms with Crippen LogP contribution in [0.5, 0.6) is 0 Å². The van der Waals surface area contributed by atoms with Crippen LogP contribution < -0.4 is 15.9 Å². The van der Waals surface area contributed by atoms with Gasteiger partial charge in [-0.15, -0.1) is 11.3 Å². The molecule has 10 heteroatoms. The molecule has 0 atom stereocenters. The Morgan fingerprint density at radius 2 is 2.00 bits per heavy atom. The number of nitrogens with zero attached hydrogens (tertiary/aromatic N) is 2. The minimum atomic E-state index is -1.13. The number of carbonyl (C=O) groups is 1. The van der Waals surface area contributed by atoms with E-state index >= 15 is 0 Å². The van der Waals surface area contributed by atoms with E-state index in [0.717, 1.165) is 16.3 Å². The molecule has 0 bridgehead atoms. The molecule has 2 heterocycles. The molecule has 0 aliphatic heterocycles. The Bertz CT molecular complexity index is 922. The van der Waals surface area contributed by atoms with Crippen LogP contribution in [0.4, 0.5) is 16.0 Å². The summed E-state index contributed by atoms with van der Waals surface area (Å²) in [5.41, 5.74) is 2.85. The van der Waals surface area contributed by atoms with Crippen molar-refractivity contribution in [3.05, 3.63) is 51.3 Å². The number of para-hydroxylation sites is 1. The fourth-order valence-electron chi connectivity index (χ4n) is 2.34. The Kier molecular flexibility index (Phi) is 5.59. The molecule has 3 rings (SSSR count). The van der Waals surface area contributed by atoms with Gasteiger partial charge in [-0.25, -0.2) is 9.97 Å². The zero-order valence-corrected chi connectivity index (χ0v) is 15.7. The van der Waals surface area contributed by atoms with Gasteiger partial charge in [0.1, 0.15) is 6.54 Å². The number of amides is 1. The maximum absolute atomic E-state index is 11.2. The van der Waals surface area contributed by atoms with E-state index in [9.17, 15) is 15.2 Å². The lowest BCUT2D eigenvalue weighted by molar-refractivity contribution is -0.807. The highest BCUT2D eigenvalue weighted by Crippen LogP contribution is 2.35. The molecule has 0 aliphatic carbocycles. The summed E-state index contributed by atoms with van der Waals surface area (Å²) in [6.45, 7) is 3.12. The number of anilines is 3.